The predicted molar refractivity (Wildman–Crippen MR) is 94.0 cm³/mol. The number of alkyl halides is 3. The lowest BCUT2D eigenvalue weighted by Crippen LogP contribution is -2.10. The van der Waals surface area contributed by atoms with Crippen molar-refractivity contribution >= 4 is 23.4 Å². The Morgan fingerprint density at radius 1 is 0.960 bits per heavy atom. The molecular formula is C18H14F3N3S. The van der Waals surface area contributed by atoms with E-state index in [1.807, 2.05) is 42.7 Å². The molecule has 128 valence electrons. The normalized spacial score (nSPS) is 11.4. The quantitative estimate of drug-likeness (QED) is 0.611. The molecule has 1 aromatic heterocycles. The Morgan fingerprint density at radius 3 is 2.40 bits per heavy atom. The molecule has 0 saturated carbocycles. The number of benzene rings is 2. The highest BCUT2D eigenvalue weighted by atomic mass is 32.2. The average Bonchev–Trinajstić information content (AvgIpc) is 2.61. The number of hydrogen-bond donors (Lipinski definition) is 1. The Balaban J connectivity index is 1.87. The van der Waals surface area contributed by atoms with E-state index in [0.29, 0.717) is 5.69 Å². The molecule has 0 atom stereocenters. The largest absolute Gasteiger partial charge is 0.433 e. The van der Waals surface area contributed by atoms with E-state index in [9.17, 15) is 13.2 Å². The molecule has 0 aliphatic heterocycles. The molecule has 0 aliphatic carbocycles. The first kappa shape index (κ1) is 17.3. The minimum Gasteiger partial charge on any atom is -0.324 e. The maximum absolute atomic E-state index is 12.7. The molecule has 1 N–H and O–H groups in total. The topological polar surface area (TPSA) is 37.8 Å². The van der Waals surface area contributed by atoms with Crippen LogP contribution in [0, 0.1) is 0 Å². The van der Waals surface area contributed by atoms with Crippen molar-refractivity contribution in [1.82, 2.24) is 9.97 Å². The van der Waals surface area contributed by atoms with Gasteiger partial charge in [-0.25, -0.2) is 9.97 Å². The summed E-state index contributed by atoms with van der Waals surface area (Å²) >= 11 is 1.65. The van der Waals surface area contributed by atoms with Gasteiger partial charge >= 0.3 is 6.18 Å². The summed E-state index contributed by atoms with van der Waals surface area (Å²) in [7, 11) is 0. The number of hydrogen-bond acceptors (Lipinski definition) is 4. The molecule has 0 saturated heterocycles. The van der Waals surface area contributed by atoms with Crippen molar-refractivity contribution < 1.29 is 13.2 Å². The van der Waals surface area contributed by atoms with Crippen LogP contribution < -0.4 is 5.32 Å². The van der Waals surface area contributed by atoms with Crippen LogP contribution in [0.1, 0.15) is 5.69 Å². The average molecular weight is 361 g/mol. The van der Waals surface area contributed by atoms with Gasteiger partial charge in [-0.15, -0.1) is 11.8 Å². The summed E-state index contributed by atoms with van der Waals surface area (Å²) in [5.74, 6) is -0.0927. The summed E-state index contributed by atoms with van der Waals surface area (Å²) in [5, 5.41) is 2.83. The molecule has 7 heteroatoms. The van der Waals surface area contributed by atoms with Crippen LogP contribution in [-0.4, -0.2) is 16.2 Å². The van der Waals surface area contributed by atoms with Gasteiger partial charge < -0.3 is 5.32 Å². The Hall–Kier alpha value is -2.54. The van der Waals surface area contributed by atoms with Gasteiger partial charge in [0.15, 0.2) is 0 Å². The van der Waals surface area contributed by atoms with E-state index in [1.165, 1.54) is 0 Å². The summed E-state index contributed by atoms with van der Waals surface area (Å²) in [6.45, 7) is 0. The van der Waals surface area contributed by atoms with Gasteiger partial charge in [0.1, 0.15) is 5.69 Å². The fourth-order valence-corrected chi connectivity index (χ4v) is 2.74. The molecular weight excluding hydrogens is 347 g/mol. The predicted octanol–water partition coefficient (Wildman–Crippen LogP) is 5.63. The third-order valence-electron chi connectivity index (χ3n) is 3.47. The van der Waals surface area contributed by atoms with Gasteiger partial charge in [0.05, 0.1) is 0 Å². The molecule has 0 aliphatic rings. The molecule has 0 radical (unpaired) electrons. The summed E-state index contributed by atoms with van der Waals surface area (Å²) in [6, 6.07) is 16.3. The smallest absolute Gasteiger partial charge is 0.324 e. The second-order valence-electron chi connectivity index (χ2n) is 5.20. The number of thioether (sulfide) groups is 1. The highest BCUT2D eigenvalue weighted by molar-refractivity contribution is 7.98. The number of nitrogens with one attached hydrogen (secondary N) is 1. The van der Waals surface area contributed by atoms with Gasteiger partial charge in [0.25, 0.3) is 0 Å². The van der Waals surface area contributed by atoms with Gasteiger partial charge in [-0.3, -0.25) is 0 Å². The van der Waals surface area contributed by atoms with Crippen LogP contribution in [0.5, 0.6) is 0 Å². The number of nitrogens with zero attached hydrogens (tertiary/aromatic N) is 2. The van der Waals surface area contributed by atoms with Gasteiger partial charge in [0.2, 0.25) is 5.95 Å². The number of anilines is 2. The van der Waals surface area contributed by atoms with E-state index < -0.39 is 11.9 Å². The van der Waals surface area contributed by atoms with Crippen LogP contribution in [0.2, 0.25) is 0 Å². The summed E-state index contributed by atoms with van der Waals surface area (Å²) in [4.78, 5) is 8.51. The highest BCUT2D eigenvalue weighted by Gasteiger charge is 2.32. The van der Waals surface area contributed by atoms with Crippen LogP contribution in [-0.2, 0) is 6.18 Å². The second-order valence-corrected chi connectivity index (χ2v) is 6.08. The third-order valence-corrected chi connectivity index (χ3v) is 4.19. The molecule has 0 fully saturated rings. The van der Waals surface area contributed by atoms with Crippen molar-refractivity contribution in [2.75, 3.05) is 11.6 Å². The minimum atomic E-state index is -4.50. The van der Waals surface area contributed by atoms with Gasteiger partial charge in [0, 0.05) is 16.8 Å². The minimum absolute atomic E-state index is 0.0927. The van der Waals surface area contributed by atoms with Crippen LogP contribution in [0.25, 0.3) is 11.1 Å². The first-order valence-corrected chi connectivity index (χ1v) is 8.60. The van der Waals surface area contributed by atoms with Crippen LogP contribution in [0.3, 0.4) is 0 Å². The fourth-order valence-electron chi connectivity index (χ4n) is 2.29. The van der Waals surface area contributed by atoms with Crippen molar-refractivity contribution in [3.8, 4) is 11.1 Å². The van der Waals surface area contributed by atoms with Crippen LogP contribution >= 0.6 is 11.8 Å². The molecule has 0 bridgehead atoms. The Morgan fingerprint density at radius 2 is 1.68 bits per heavy atom. The van der Waals surface area contributed by atoms with E-state index >= 15 is 0 Å². The SMILES string of the molecule is CSc1cccc(-c2cccc(Nc3nccc(C(F)(F)F)n3)c2)c1. The molecule has 3 nitrogen and oxygen atoms in total. The maximum atomic E-state index is 12.7. The van der Waals surface area contributed by atoms with E-state index in [4.69, 9.17) is 0 Å². The Kier molecular flexibility index (Phi) is 4.94. The van der Waals surface area contributed by atoms with E-state index in [2.05, 4.69) is 21.4 Å². The van der Waals surface area contributed by atoms with Crippen molar-refractivity contribution in [3.05, 3.63) is 66.5 Å². The van der Waals surface area contributed by atoms with E-state index in [1.54, 1.807) is 17.8 Å². The standard InChI is InChI=1S/C18H14F3N3S/c1-25-15-7-3-5-13(11-15)12-4-2-6-14(10-12)23-17-22-9-8-16(24-17)18(19,20)21/h2-11H,1H3,(H,22,23,24). The lowest BCUT2D eigenvalue weighted by atomic mass is 10.1. The molecule has 0 amide bonds. The second kappa shape index (κ2) is 7.14. The van der Waals surface area contributed by atoms with Crippen molar-refractivity contribution in [2.45, 2.75) is 11.1 Å². The van der Waals surface area contributed by atoms with Crippen molar-refractivity contribution in [3.63, 3.8) is 0 Å². The molecule has 0 spiro atoms. The monoisotopic (exact) mass is 361 g/mol. The van der Waals surface area contributed by atoms with Crippen LogP contribution in [0.15, 0.2) is 65.7 Å². The Bertz CT molecular complexity index is 881. The molecule has 1 heterocycles. The molecule has 2 aromatic carbocycles. The first-order chi connectivity index (χ1) is 12.0. The Labute approximate surface area is 147 Å². The van der Waals surface area contributed by atoms with Gasteiger partial charge in [-0.1, -0.05) is 24.3 Å². The summed E-state index contributed by atoms with van der Waals surface area (Å²) in [6.07, 6.45) is -1.41. The van der Waals surface area contributed by atoms with Crippen molar-refractivity contribution in [1.29, 1.82) is 0 Å². The van der Waals surface area contributed by atoms with E-state index in [0.717, 1.165) is 28.3 Å². The summed E-state index contributed by atoms with van der Waals surface area (Å²) < 4.78 is 38.2. The molecule has 0 unspecified atom stereocenters. The number of aromatic nitrogens is 2. The molecule has 3 rings (SSSR count). The zero-order valence-electron chi connectivity index (χ0n) is 13.2. The maximum Gasteiger partial charge on any atom is 0.433 e. The zero-order chi connectivity index (χ0) is 17.9. The first-order valence-electron chi connectivity index (χ1n) is 7.37. The molecule has 3 aromatic rings. The van der Waals surface area contributed by atoms with Crippen molar-refractivity contribution in [2.24, 2.45) is 0 Å². The lowest BCUT2D eigenvalue weighted by Gasteiger charge is -2.10. The van der Waals surface area contributed by atoms with Gasteiger partial charge in [-0.05, 0) is 47.7 Å². The van der Waals surface area contributed by atoms with Gasteiger partial charge in [-0.2, -0.15) is 13.2 Å². The lowest BCUT2D eigenvalue weighted by molar-refractivity contribution is -0.141. The fraction of sp³-hybridized carbons (Fsp3) is 0.111. The highest BCUT2D eigenvalue weighted by Crippen LogP contribution is 2.29. The van der Waals surface area contributed by atoms with Crippen LogP contribution in [0.4, 0.5) is 24.8 Å². The van der Waals surface area contributed by atoms with E-state index in [-0.39, 0.29) is 5.95 Å². The molecule has 25 heavy (non-hydrogen) atoms. The third kappa shape index (κ3) is 4.30. The number of rotatable bonds is 4. The zero-order valence-corrected chi connectivity index (χ0v) is 14.0. The number of halogens is 3. The summed E-state index contributed by atoms with van der Waals surface area (Å²) in [5.41, 5.74) is 1.62.